The van der Waals surface area contributed by atoms with E-state index >= 15 is 0 Å². The second-order valence-electron chi connectivity index (χ2n) is 7.88. The topological polar surface area (TPSA) is 82.1 Å². The second-order valence-corrected chi connectivity index (χ2v) is 7.88. The van der Waals surface area contributed by atoms with Crippen LogP contribution in [-0.4, -0.2) is 57.5 Å². The van der Waals surface area contributed by atoms with Crippen LogP contribution in [0.1, 0.15) is 54.7 Å². The Labute approximate surface area is 160 Å². The van der Waals surface area contributed by atoms with E-state index in [1.807, 2.05) is 12.4 Å². The van der Waals surface area contributed by atoms with Gasteiger partial charge in [0.15, 0.2) is 0 Å². The molecule has 2 aromatic heterocycles. The first kappa shape index (κ1) is 18.5. The summed E-state index contributed by atoms with van der Waals surface area (Å²) >= 11 is 0. The Bertz CT molecular complexity index is 719. The third kappa shape index (κ3) is 4.20. The minimum absolute atomic E-state index is 0.318. The number of methoxy groups -OCH3 is 1. The molecule has 2 N–H and O–H groups in total. The van der Waals surface area contributed by atoms with Gasteiger partial charge in [-0.15, -0.1) is 10.2 Å². The zero-order chi connectivity index (χ0) is 18.6. The Kier molecular flexibility index (Phi) is 5.80. The van der Waals surface area contributed by atoms with Gasteiger partial charge in [0.25, 0.3) is 0 Å². The standard InChI is InChI=1S/C20H30N6O/c1-27-11-10-26-19(23-24-20(26)17-12-18(21)13-17)14-25-8-4-16(5-9-25)15-2-6-22-7-3-15/h2-3,6-7,16-18H,4-5,8-14,21H2,1H3. The molecule has 7 heteroatoms. The summed E-state index contributed by atoms with van der Waals surface area (Å²) in [4.78, 5) is 6.63. The summed E-state index contributed by atoms with van der Waals surface area (Å²) in [6, 6.07) is 4.62. The van der Waals surface area contributed by atoms with Crippen molar-refractivity contribution >= 4 is 0 Å². The molecule has 0 amide bonds. The van der Waals surface area contributed by atoms with Crippen LogP contribution < -0.4 is 5.73 Å². The van der Waals surface area contributed by atoms with Crippen LogP contribution in [0.15, 0.2) is 24.5 Å². The number of hydrogen-bond donors (Lipinski definition) is 1. The monoisotopic (exact) mass is 370 g/mol. The molecule has 1 aliphatic carbocycles. The molecule has 2 aliphatic rings. The summed E-state index contributed by atoms with van der Waals surface area (Å²) < 4.78 is 7.58. The van der Waals surface area contributed by atoms with Gasteiger partial charge in [-0.2, -0.15) is 0 Å². The summed E-state index contributed by atoms with van der Waals surface area (Å²) in [6.07, 6.45) is 8.19. The summed E-state index contributed by atoms with van der Waals surface area (Å²) in [7, 11) is 1.74. The minimum Gasteiger partial charge on any atom is -0.383 e. The van der Waals surface area contributed by atoms with Crippen LogP contribution in [0.2, 0.25) is 0 Å². The number of ether oxygens (including phenoxy) is 1. The van der Waals surface area contributed by atoms with Crippen molar-refractivity contribution in [1.29, 1.82) is 0 Å². The van der Waals surface area contributed by atoms with E-state index in [1.165, 1.54) is 18.4 Å². The Morgan fingerprint density at radius 1 is 1.11 bits per heavy atom. The van der Waals surface area contributed by atoms with Gasteiger partial charge in [0.1, 0.15) is 11.6 Å². The van der Waals surface area contributed by atoms with Crippen LogP contribution >= 0.6 is 0 Å². The lowest BCUT2D eigenvalue weighted by atomic mass is 9.80. The molecule has 2 fully saturated rings. The number of nitrogens with two attached hydrogens (primary N) is 1. The van der Waals surface area contributed by atoms with E-state index in [2.05, 4.69) is 36.8 Å². The molecule has 1 saturated heterocycles. The van der Waals surface area contributed by atoms with Gasteiger partial charge in [0, 0.05) is 38.0 Å². The Morgan fingerprint density at radius 2 is 1.85 bits per heavy atom. The second kappa shape index (κ2) is 8.46. The molecular weight excluding hydrogens is 340 g/mol. The molecule has 2 aromatic rings. The molecule has 4 rings (SSSR count). The third-order valence-corrected chi connectivity index (χ3v) is 6.04. The minimum atomic E-state index is 0.318. The van der Waals surface area contributed by atoms with Gasteiger partial charge >= 0.3 is 0 Å². The van der Waals surface area contributed by atoms with Gasteiger partial charge in [-0.25, -0.2) is 0 Å². The summed E-state index contributed by atoms with van der Waals surface area (Å²) in [5.74, 6) is 3.25. The number of likely N-dealkylation sites (tertiary alicyclic amines) is 1. The average Bonchev–Trinajstić information content (AvgIpc) is 3.07. The first-order chi connectivity index (χ1) is 13.2. The molecule has 0 spiro atoms. The van der Waals surface area contributed by atoms with Gasteiger partial charge in [-0.3, -0.25) is 9.88 Å². The quantitative estimate of drug-likeness (QED) is 0.802. The van der Waals surface area contributed by atoms with Crippen molar-refractivity contribution in [3.05, 3.63) is 41.7 Å². The van der Waals surface area contributed by atoms with Crippen LogP contribution in [0.5, 0.6) is 0 Å². The highest BCUT2D eigenvalue weighted by Crippen LogP contribution is 2.35. The Hall–Kier alpha value is -1.83. The van der Waals surface area contributed by atoms with Crippen molar-refractivity contribution in [1.82, 2.24) is 24.6 Å². The fourth-order valence-corrected chi connectivity index (χ4v) is 4.33. The van der Waals surface area contributed by atoms with E-state index in [0.717, 1.165) is 50.7 Å². The van der Waals surface area contributed by atoms with Crippen LogP contribution in [-0.2, 0) is 17.8 Å². The van der Waals surface area contributed by atoms with Crippen molar-refractivity contribution in [2.75, 3.05) is 26.8 Å². The lowest BCUT2D eigenvalue weighted by Gasteiger charge is -2.33. The lowest BCUT2D eigenvalue weighted by molar-refractivity contribution is 0.175. The molecule has 27 heavy (non-hydrogen) atoms. The molecule has 0 unspecified atom stereocenters. The summed E-state index contributed by atoms with van der Waals surface area (Å²) in [6.45, 7) is 4.54. The molecule has 0 radical (unpaired) electrons. The van der Waals surface area contributed by atoms with Crippen LogP contribution in [0, 0.1) is 0 Å². The van der Waals surface area contributed by atoms with E-state index in [0.29, 0.717) is 24.5 Å². The highest BCUT2D eigenvalue weighted by Gasteiger charge is 2.32. The Balaban J connectivity index is 1.39. The molecule has 7 nitrogen and oxygen atoms in total. The Morgan fingerprint density at radius 3 is 2.52 bits per heavy atom. The van der Waals surface area contributed by atoms with Gasteiger partial charge in [-0.05, 0) is 62.4 Å². The highest BCUT2D eigenvalue weighted by molar-refractivity contribution is 5.16. The van der Waals surface area contributed by atoms with Gasteiger partial charge < -0.3 is 15.0 Å². The summed E-state index contributed by atoms with van der Waals surface area (Å²) in [5.41, 5.74) is 7.39. The largest absolute Gasteiger partial charge is 0.383 e. The number of pyridine rings is 1. The fraction of sp³-hybridized carbons (Fsp3) is 0.650. The number of rotatable bonds is 7. The maximum absolute atomic E-state index is 5.98. The van der Waals surface area contributed by atoms with Crippen molar-refractivity contribution in [2.45, 2.75) is 56.7 Å². The van der Waals surface area contributed by atoms with Crippen molar-refractivity contribution in [3.63, 3.8) is 0 Å². The van der Waals surface area contributed by atoms with E-state index in [-0.39, 0.29) is 0 Å². The van der Waals surface area contributed by atoms with Crippen LogP contribution in [0.4, 0.5) is 0 Å². The van der Waals surface area contributed by atoms with E-state index in [4.69, 9.17) is 10.5 Å². The maximum atomic E-state index is 5.98. The van der Waals surface area contributed by atoms with Crippen molar-refractivity contribution < 1.29 is 4.74 Å². The van der Waals surface area contributed by atoms with Crippen molar-refractivity contribution in [2.24, 2.45) is 5.73 Å². The number of aromatic nitrogens is 4. The lowest BCUT2D eigenvalue weighted by Crippen LogP contribution is -2.37. The molecule has 1 aliphatic heterocycles. The van der Waals surface area contributed by atoms with Gasteiger partial charge in [0.2, 0.25) is 0 Å². The van der Waals surface area contributed by atoms with Gasteiger partial charge in [0.05, 0.1) is 13.2 Å². The zero-order valence-corrected chi connectivity index (χ0v) is 16.1. The number of nitrogens with zero attached hydrogens (tertiary/aromatic N) is 5. The first-order valence-corrected chi connectivity index (χ1v) is 10.0. The van der Waals surface area contributed by atoms with Crippen LogP contribution in [0.25, 0.3) is 0 Å². The van der Waals surface area contributed by atoms with Crippen LogP contribution in [0.3, 0.4) is 0 Å². The zero-order valence-electron chi connectivity index (χ0n) is 16.1. The summed E-state index contributed by atoms with van der Waals surface area (Å²) in [5, 5.41) is 9.06. The smallest absolute Gasteiger partial charge is 0.147 e. The predicted molar refractivity (Wildman–Crippen MR) is 103 cm³/mol. The predicted octanol–water partition coefficient (Wildman–Crippen LogP) is 1.90. The first-order valence-electron chi connectivity index (χ1n) is 10.0. The molecule has 3 heterocycles. The van der Waals surface area contributed by atoms with Gasteiger partial charge in [-0.1, -0.05) is 0 Å². The van der Waals surface area contributed by atoms with Crippen molar-refractivity contribution in [3.8, 4) is 0 Å². The molecule has 0 atom stereocenters. The van der Waals surface area contributed by atoms with E-state index in [1.54, 1.807) is 7.11 Å². The SMILES string of the molecule is COCCn1c(CN2CCC(c3ccncc3)CC2)nnc1C1CC(N)C1. The molecule has 1 saturated carbocycles. The number of hydrogen-bond acceptors (Lipinski definition) is 6. The highest BCUT2D eigenvalue weighted by atomic mass is 16.5. The average molecular weight is 371 g/mol. The third-order valence-electron chi connectivity index (χ3n) is 6.04. The molecule has 146 valence electrons. The molecule has 0 bridgehead atoms. The maximum Gasteiger partial charge on any atom is 0.147 e. The molecule has 0 aromatic carbocycles. The fourth-order valence-electron chi connectivity index (χ4n) is 4.33. The normalized spacial score (nSPS) is 24.1. The van der Waals surface area contributed by atoms with E-state index in [9.17, 15) is 0 Å². The molecular formula is C20H30N6O. The number of piperidine rings is 1. The van der Waals surface area contributed by atoms with E-state index < -0.39 is 0 Å².